The Bertz CT molecular complexity index is 884. The summed E-state index contributed by atoms with van der Waals surface area (Å²) in [5.41, 5.74) is 2.42. The summed E-state index contributed by atoms with van der Waals surface area (Å²) in [7, 11) is 6.04. The van der Waals surface area contributed by atoms with Gasteiger partial charge in [0.15, 0.2) is 5.96 Å². The molecule has 2 aromatic rings. The lowest BCUT2D eigenvalue weighted by Gasteiger charge is -2.22. The zero-order valence-electron chi connectivity index (χ0n) is 20.2. The number of halogens is 1. The molecule has 2 N–H and O–H groups in total. The molecule has 2 heterocycles. The average Bonchev–Trinajstić information content (AvgIpc) is 3.36. The number of carbonyl (C=O) groups excluding carboxylic acids is 1. The third kappa shape index (κ3) is 8.29. The molecule has 2 atom stereocenters. The molecule has 1 aromatic heterocycles. The lowest BCUT2D eigenvalue weighted by atomic mass is 10.1. The van der Waals surface area contributed by atoms with E-state index in [2.05, 4.69) is 53.8 Å². The SMILES string of the molecule is CCNC(=NCC(c1cnn(C)c1)N(C)C)NCC1CC(=O)N(CCc2ccccc2)C1.I. The van der Waals surface area contributed by atoms with E-state index in [1.54, 1.807) is 0 Å². The van der Waals surface area contributed by atoms with Crippen molar-refractivity contribution in [1.29, 1.82) is 0 Å². The second-order valence-electron chi connectivity index (χ2n) is 8.67. The lowest BCUT2D eigenvalue weighted by molar-refractivity contribution is -0.127. The molecule has 1 aliphatic rings. The van der Waals surface area contributed by atoms with E-state index in [9.17, 15) is 4.79 Å². The monoisotopic (exact) mass is 567 g/mol. The Morgan fingerprint density at radius 2 is 2.03 bits per heavy atom. The number of likely N-dealkylation sites (N-methyl/N-ethyl adjacent to an activating group) is 1. The van der Waals surface area contributed by atoms with Crippen molar-refractivity contribution < 1.29 is 4.79 Å². The van der Waals surface area contributed by atoms with Crippen LogP contribution >= 0.6 is 24.0 Å². The van der Waals surface area contributed by atoms with Crippen molar-refractivity contribution >= 4 is 35.8 Å². The lowest BCUT2D eigenvalue weighted by Crippen LogP contribution is -2.41. The first-order valence-corrected chi connectivity index (χ1v) is 11.4. The second-order valence-corrected chi connectivity index (χ2v) is 8.67. The fraction of sp³-hybridized carbons (Fsp3) is 0.542. The average molecular weight is 568 g/mol. The van der Waals surface area contributed by atoms with E-state index in [1.165, 1.54) is 5.56 Å². The molecule has 3 rings (SSSR count). The van der Waals surface area contributed by atoms with Crippen LogP contribution in [0.1, 0.15) is 30.5 Å². The molecular weight excluding hydrogens is 529 g/mol. The quantitative estimate of drug-likeness (QED) is 0.262. The molecule has 1 fully saturated rings. The Labute approximate surface area is 214 Å². The number of aromatic nitrogens is 2. The Morgan fingerprint density at radius 1 is 1.27 bits per heavy atom. The predicted octanol–water partition coefficient (Wildman–Crippen LogP) is 2.29. The summed E-state index contributed by atoms with van der Waals surface area (Å²) in [6.07, 6.45) is 5.43. The van der Waals surface area contributed by atoms with Crippen molar-refractivity contribution in [1.82, 2.24) is 30.2 Å². The van der Waals surface area contributed by atoms with Gasteiger partial charge in [-0.25, -0.2) is 0 Å². The zero-order valence-corrected chi connectivity index (χ0v) is 22.5. The van der Waals surface area contributed by atoms with Crippen molar-refractivity contribution in [3.63, 3.8) is 0 Å². The van der Waals surface area contributed by atoms with Crippen LogP contribution in [0.4, 0.5) is 0 Å². The number of amides is 1. The highest BCUT2D eigenvalue weighted by Crippen LogP contribution is 2.19. The van der Waals surface area contributed by atoms with E-state index < -0.39 is 0 Å². The van der Waals surface area contributed by atoms with Gasteiger partial charge in [0.2, 0.25) is 5.91 Å². The number of aryl methyl sites for hydroxylation is 1. The van der Waals surface area contributed by atoms with Gasteiger partial charge in [-0.1, -0.05) is 30.3 Å². The first-order chi connectivity index (χ1) is 15.5. The highest BCUT2D eigenvalue weighted by Gasteiger charge is 2.29. The van der Waals surface area contributed by atoms with Gasteiger partial charge >= 0.3 is 0 Å². The molecule has 0 aliphatic carbocycles. The van der Waals surface area contributed by atoms with E-state index >= 15 is 0 Å². The van der Waals surface area contributed by atoms with E-state index in [4.69, 9.17) is 4.99 Å². The van der Waals surface area contributed by atoms with Crippen LogP contribution in [0.2, 0.25) is 0 Å². The summed E-state index contributed by atoms with van der Waals surface area (Å²) < 4.78 is 1.82. The predicted molar refractivity (Wildman–Crippen MR) is 144 cm³/mol. The van der Waals surface area contributed by atoms with Crippen molar-refractivity contribution in [2.75, 3.05) is 46.8 Å². The summed E-state index contributed by atoms with van der Waals surface area (Å²) in [6.45, 7) is 5.79. The van der Waals surface area contributed by atoms with E-state index in [0.29, 0.717) is 18.9 Å². The van der Waals surface area contributed by atoms with Crippen LogP contribution in [0, 0.1) is 5.92 Å². The summed E-state index contributed by atoms with van der Waals surface area (Å²) in [6, 6.07) is 10.5. The smallest absolute Gasteiger partial charge is 0.223 e. The second kappa shape index (κ2) is 13.5. The number of nitrogens with one attached hydrogen (secondary N) is 2. The third-order valence-electron chi connectivity index (χ3n) is 5.87. The summed E-state index contributed by atoms with van der Waals surface area (Å²) >= 11 is 0. The Kier molecular flexibility index (Phi) is 11.1. The number of hydrogen-bond donors (Lipinski definition) is 2. The number of benzene rings is 1. The van der Waals surface area contributed by atoms with Crippen LogP contribution in [-0.2, 0) is 18.3 Å². The maximum Gasteiger partial charge on any atom is 0.223 e. The van der Waals surface area contributed by atoms with Crippen molar-refractivity contribution in [3.8, 4) is 0 Å². The molecule has 0 bridgehead atoms. The highest BCUT2D eigenvalue weighted by molar-refractivity contribution is 14.0. The number of likely N-dealkylation sites (tertiary alicyclic amines) is 1. The normalized spacial score (nSPS) is 17.2. The van der Waals surface area contributed by atoms with E-state index in [-0.39, 0.29) is 35.9 Å². The van der Waals surface area contributed by atoms with Gasteiger partial charge in [-0.15, -0.1) is 24.0 Å². The van der Waals surface area contributed by atoms with Crippen LogP contribution in [0.3, 0.4) is 0 Å². The summed E-state index contributed by atoms with van der Waals surface area (Å²) in [4.78, 5) is 21.4. The van der Waals surface area contributed by atoms with Crippen LogP contribution in [0.15, 0.2) is 47.7 Å². The molecule has 1 amide bonds. The molecule has 182 valence electrons. The van der Waals surface area contributed by atoms with Gasteiger partial charge in [0, 0.05) is 57.3 Å². The van der Waals surface area contributed by atoms with Gasteiger partial charge in [-0.2, -0.15) is 5.10 Å². The van der Waals surface area contributed by atoms with Crippen LogP contribution in [0.5, 0.6) is 0 Å². The molecule has 1 aromatic carbocycles. The molecule has 33 heavy (non-hydrogen) atoms. The summed E-state index contributed by atoms with van der Waals surface area (Å²) in [5, 5.41) is 11.1. The minimum Gasteiger partial charge on any atom is -0.357 e. The van der Waals surface area contributed by atoms with Crippen molar-refractivity contribution in [2.45, 2.75) is 25.8 Å². The highest BCUT2D eigenvalue weighted by atomic mass is 127. The topological polar surface area (TPSA) is 77.8 Å². The van der Waals surface area contributed by atoms with Crippen LogP contribution in [-0.4, -0.2) is 78.3 Å². The minimum absolute atomic E-state index is 0. The van der Waals surface area contributed by atoms with Gasteiger partial charge in [0.05, 0.1) is 18.8 Å². The molecule has 0 radical (unpaired) electrons. The number of guanidine groups is 1. The first-order valence-electron chi connectivity index (χ1n) is 11.4. The molecule has 9 heteroatoms. The summed E-state index contributed by atoms with van der Waals surface area (Å²) in [5.74, 6) is 1.34. The minimum atomic E-state index is 0. The first kappa shape index (κ1) is 27.1. The van der Waals surface area contributed by atoms with E-state index in [1.807, 2.05) is 47.2 Å². The molecule has 1 aliphatic heterocycles. The largest absolute Gasteiger partial charge is 0.357 e. The Balaban J connectivity index is 0.00000385. The van der Waals surface area contributed by atoms with E-state index in [0.717, 1.165) is 44.1 Å². The maximum atomic E-state index is 12.5. The number of hydrogen-bond acceptors (Lipinski definition) is 4. The van der Waals surface area contributed by atoms with Gasteiger partial charge in [-0.3, -0.25) is 14.5 Å². The Morgan fingerprint density at radius 3 is 2.67 bits per heavy atom. The fourth-order valence-corrected chi connectivity index (χ4v) is 4.06. The van der Waals surface area contributed by atoms with Crippen molar-refractivity contribution in [3.05, 3.63) is 53.9 Å². The molecule has 2 unspecified atom stereocenters. The number of nitrogens with zero attached hydrogens (tertiary/aromatic N) is 5. The Hall–Kier alpha value is -2.14. The number of rotatable bonds is 10. The molecular formula is C24H38IN7O. The standard InChI is InChI=1S/C24H37N7O.HI/c1-5-25-24(27-16-22(29(2)3)21-15-28-30(4)18-21)26-14-20-13-23(32)31(17-20)12-11-19-9-7-6-8-10-19;/h6-10,15,18,20,22H,5,11-14,16-17H2,1-4H3,(H2,25,26,27);1H. The molecule has 1 saturated heterocycles. The molecule has 0 spiro atoms. The van der Waals surface area contributed by atoms with Gasteiger partial charge in [0.25, 0.3) is 0 Å². The fourth-order valence-electron chi connectivity index (χ4n) is 4.06. The van der Waals surface area contributed by atoms with Gasteiger partial charge in [0.1, 0.15) is 0 Å². The zero-order chi connectivity index (χ0) is 22.9. The van der Waals surface area contributed by atoms with Crippen LogP contribution < -0.4 is 10.6 Å². The number of aliphatic imine (C=N–C) groups is 1. The van der Waals surface area contributed by atoms with Crippen LogP contribution in [0.25, 0.3) is 0 Å². The maximum absolute atomic E-state index is 12.5. The number of carbonyl (C=O) groups is 1. The van der Waals surface area contributed by atoms with Crippen molar-refractivity contribution in [2.24, 2.45) is 18.0 Å². The van der Waals surface area contributed by atoms with Gasteiger partial charge < -0.3 is 20.4 Å². The molecule has 8 nitrogen and oxygen atoms in total. The van der Waals surface area contributed by atoms with Gasteiger partial charge in [-0.05, 0) is 33.0 Å². The third-order valence-corrected chi connectivity index (χ3v) is 5.87. The molecule has 0 saturated carbocycles.